The molecular weight excluding hydrogens is 122 g/mol. The number of hydrogen-bond donors (Lipinski definition) is 0. The van der Waals surface area contributed by atoms with Crippen LogP contribution in [0.15, 0.2) is 30.4 Å². The highest BCUT2D eigenvalue weighted by atomic mass is 14.6. The molecule has 1 nitrogen and oxygen atoms in total. The zero-order chi connectivity index (χ0) is 8.83. The van der Waals surface area contributed by atoms with Crippen molar-refractivity contribution in [3.8, 4) is 0 Å². The summed E-state index contributed by atoms with van der Waals surface area (Å²) in [6.45, 7) is 15.3. The van der Waals surface area contributed by atoms with Crippen LogP contribution in [0.5, 0.6) is 0 Å². The molecule has 0 aromatic rings. The lowest BCUT2D eigenvalue weighted by atomic mass is 10.5. The van der Waals surface area contributed by atoms with E-state index in [2.05, 4.69) is 31.8 Å². The van der Waals surface area contributed by atoms with Crippen molar-refractivity contribution in [3.63, 3.8) is 0 Å². The summed E-state index contributed by atoms with van der Waals surface area (Å²) in [6.07, 6.45) is 4.69. The molecule has 0 rings (SSSR count). The summed E-state index contributed by atoms with van der Waals surface area (Å²) in [5.41, 5.74) is 0. The van der Waals surface area contributed by atoms with Gasteiger partial charge in [0, 0.05) is 6.20 Å². The Morgan fingerprint density at radius 3 is 1.80 bits per heavy atom. The summed E-state index contributed by atoms with van der Waals surface area (Å²) in [7, 11) is 0. The Labute approximate surface area is 65.2 Å². The summed E-state index contributed by atoms with van der Waals surface area (Å²) >= 11 is 0. The molecule has 1 heteroatoms. The van der Waals surface area contributed by atoms with Crippen molar-refractivity contribution < 1.29 is 0 Å². The van der Waals surface area contributed by atoms with Gasteiger partial charge in [0.05, 0.1) is 0 Å². The molecule has 0 aromatic heterocycles. The fraction of sp³-hybridized carbons (Fsp3) is 0.444. The van der Waals surface area contributed by atoms with E-state index in [0.29, 0.717) is 0 Å². The topological polar surface area (TPSA) is 12.4 Å². The van der Waals surface area contributed by atoms with Gasteiger partial charge in [-0.25, -0.2) is 0 Å². The highest BCUT2D eigenvalue weighted by Gasteiger charge is 1.55. The zero-order valence-corrected chi connectivity index (χ0v) is 7.43. The monoisotopic (exact) mass is 141 g/mol. The Hall–Kier alpha value is -0.850. The van der Waals surface area contributed by atoms with Gasteiger partial charge in [-0.2, -0.15) is 0 Å². The molecule has 0 aliphatic carbocycles. The minimum atomic E-state index is 1.04. The van der Waals surface area contributed by atoms with Gasteiger partial charge in [0.1, 0.15) is 0 Å². The van der Waals surface area contributed by atoms with Crippen LogP contribution in [0.25, 0.3) is 0 Å². The third-order valence-corrected chi connectivity index (χ3v) is 0.447. The van der Waals surface area contributed by atoms with Crippen LogP contribution in [0, 0.1) is 0 Å². The average Bonchev–Trinajstić information content (AvgIpc) is 2.08. The Kier molecular flexibility index (Phi) is 67.5. The third-order valence-electron chi connectivity index (χ3n) is 0.447. The molecule has 60 valence electrons. The van der Waals surface area contributed by atoms with Crippen molar-refractivity contribution in [2.45, 2.75) is 27.2 Å². The zero-order valence-electron chi connectivity index (χ0n) is 7.43. The van der Waals surface area contributed by atoms with Gasteiger partial charge in [0.15, 0.2) is 0 Å². The van der Waals surface area contributed by atoms with Crippen LogP contribution in [0.3, 0.4) is 0 Å². The number of nitrogens with zero attached hydrogens (tertiary/aromatic N) is 1. The minimum Gasteiger partial charge on any atom is -0.273 e. The van der Waals surface area contributed by atoms with Gasteiger partial charge < -0.3 is 0 Å². The van der Waals surface area contributed by atoms with Gasteiger partial charge in [-0.15, -0.1) is 13.2 Å². The summed E-state index contributed by atoms with van der Waals surface area (Å²) in [5, 5.41) is 0. The summed E-state index contributed by atoms with van der Waals surface area (Å²) in [4.78, 5) is 3.49. The van der Waals surface area contributed by atoms with E-state index in [1.807, 2.05) is 19.9 Å². The largest absolute Gasteiger partial charge is 0.273 e. The molecule has 0 atom stereocenters. The van der Waals surface area contributed by atoms with Crippen molar-refractivity contribution >= 4 is 6.72 Å². The van der Waals surface area contributed by atoms with E-state index in [4.69, 9.17) is 0 Å². The van der Waals surface area contributed by atoms with Gasteiger partial charge in [-0.1, -0.05) is 26.8 Å². The van der Waals surface area contributed by atoms with Crippen molar-refractivity contribution in [2.75, 3.05) is 0 Å². The smallest absolute Gasteiger partial charge is 0.0220 e. The normalized spacial score (nSPS) is 6.70. The van der Waals surface area contributed by atoms with Crippen molar-refractivity contribution in [3.05, 3.63) is 25.4 Å². The van der Waals surface area contributed by atoms with E-state index < -0.39 is 0 Å². The Morgan fingerprint density at radius 2 is 1.70 bits per heavy atom. The van der Waals surface area contributed by atoms with Crippen LogP contribution in [0.2, 0.25) is 0 Å². The first kappa shape index (κ1) is 16.1. The molecule has 0 heterocycles. The van der Waals surface area contributed by atoms with E-state index in [1.54, 1.807) is 6.20 Å². The maximum Gasteiger partial charge on any atom is 0.0220 e. The lowest BCUT2D eigenvalue weighted by Crippen LogP contribution is -1.47. The van der Waals surface area contributed by atoms with Crippen molar-refractivity contribution in [2.24, 2.45) is 4.99 Å². The Morgan fingerprint density at radius 1 is 1.30 bits per heavy atom. The lowest BCUT2D eigenvalue weighted by Gasteiger charge is -1.68. The van der Waals surface area contributed by atoms with Gasteiger partial charge >= 0.3 is 0 Å². The molecule has 0 aliphatic heterocycles. The average molecular weight is 141 g/mol. The van der Waals surface area contributed by atoms with E-state index in [-0.39, 0.29) is 0 Å². The Balaban J connectivity index is -0.000000105. The Bertz CT molecular complexity index is 65.1. The molecule has 0 N–H and O–H groups in total. The second-order valence-corrected chi connectivity index (χ2v) is 0.976. The molecule has 0 radical (unpaired) electrons. The summed E-state index contributed by atoms with van der Waals surface area (Å²) in [6, 6.07) is 0. The van der Waals surface area contributed by atoms with E-state index >= 15 is 0 Å². The molecule has 0 saturated carbocycles. The van der Waals surface area contributed by atoms with Gasteiger partial charge in [0.25, 0.3) is 0 Å². The first-order valence-corrected chi connectivity index (χ1v) is 3.52. The molecule has 0 fully saturated rings. The van der Waals surface area contributed by atoms with Crippen LogP contribution < -0.4 is 0 Å². The predicted molar refractivity (Wildman–Crippen MR) is 51.6 cm³/mol. The number of aliphatic imine (C=N–C) groups is 1. The van der Waals surface area contributed by atoms with Crippen LogP contribution in [-0.2, 0) is 0 Å². The first-order valence-electron chi connectivity index (χ1n) is 3.52. The maximum atomic E-state index is 3.49. The van der Waals surface area contributed by atoms with Crippen molar-refractivity contribution in [1.82, 2.24) is 0 Å². The lowest BCUT2D eigenvalue weighted by molar-refractivity contribution is 1.21. The minimum absolute atomic E-state index is 1.04. The summed E-state index contributed by atoms with van der Waals surface area (Å²) < 4.78 is 0. The summed E-state index contributed by atoms with van der Waals surface area (Å²) in [5.74, 6) is 0. The second kappa shape index (κ2) is 42.0. The molecule has 0 unspecified atom stereocenters. The standard InChI is InChI=1S/C5H9N.C2H6.C2H4/c1-3-4-5-6-2;2*1-2/h4-5H,2-3H2,1H3;1-2H3;1-2H2/b5-4-;;. The molecule has 0 aromatic carbocycles. The predicted octanol–water partition coefficient (Wildman–Crippen LogP) is 3.44. The fourth-order valence-corrected chi connectivity index (χ4v) is 0.180. The molecule has 0 aliphatic rings. The van der Waals surface area contributed by atoms with E-state index in [9.17, 15) is 0 Å². The number of allylic oxidation sites excluding steroid dienone is 1. The molecule has 0 bridgehead atoms. The van der Waals surface area contributed by atoms with E-state index in [0.717, 1.165) is 6.42 Å². The maximum absolute atomic E-state index is 3.49. The van der Waals surface area contributed by atoms with Crippen molar-refractivity contribution in [1.29, 1.82) is 0 Å². The van der Waals surface area contributed by atoms with Gasteiger partial charge in [0.2, 0.25) is 0 Å². The van der Waals surface area contributed by atoms with Crippen LogP contribution in [0.1, 0.15) is 27.2 Å². The van der Waals surface area contributed by atoms with Crippen LogP contribution in [0.4, 0.5) is 0 Å². The molecular formula is C9H19N. The fourth-order valence-electron chi connectivity index (χ4n) is 0.180. The molecule has 0 amide bonds. The quantitative estimate of drug-likeness (QED) is 0.412. The van der Waals surface area contributed by atoms with E-state index in [1.165, 1.54) is 0 Å². The highest BCUT2D eigenvalue weighted by Crippen LogP contribution is 1.76. The SMILES string of the molecule is C=C.C=N/C=C\CC.CC. The number of rotatable bonds is 2. The molecule has 10 heavy (non-hydrogen) atoms. The highest BCUT2D eigenvalue weighted by molar-refractivity contribution is 5.25. The van der Waals surface area contributed by atoms with Crippen LogP contribution >= 0.6 is 0 Å². The number of hydrogen-bond acceptors (Lipinski definition) is 1. The molecule has 0 spiro atoms. The first-order chi connectivity index (χ1) is 4.91. The second-order valence-electron chi connectivity index (χ2n) is 0.976. The van der Waals surface area contributed by atoms with Crippen LogP contribution in [-0.4, -0.2) is 6.72 Å². The molecule has 0 saturated heterocycles. The third kappa shape index (κ3) is 58.5. The van der Waals surface area contributed by atoms with Gasteiger partial charge in [-0.3, -0.25) is 4.99 Å². The van der Waals surface area contributed by atoms with Gasteiger partial charge in [-0.05, 0) is 13.1 Å².